The van der Waals surface area contributed by atoms with Crippen LogP contribution in [0.25, 0.3) is 11.3 Å². The third-order valence-corrected chi connectivity index (χ3v) is 3.67. The van der Waals surface area contributed by atoms with Crippen molar-refractivity contribution in [3.8, 4) is 11.3 Å². The van der Waals surface area contributed by atoms with Crippen molar-refractivity contribution in [1.82, 2.24) is 4.98 Å². The molecule has 2 aromatic heterocycles. The first kappa shape index (κ1) is 12.6. The van der Waals surface area contributed by atoms with Crippen LogP contribution < -0.4 is 5.32 Å². The average molecular weight is 284 g/mol. The lowest BCUT2D eigenvalue weighted by Crippen LogP contribution is -2.09. The summed E-state index contributed by atoms with van der Waals surface area (Å²) in [4.78, 5) is 16.9. The summed E-state index contributed by atoms with van der Waals surface area (Å²) in [5.41, 5.74) is 2.50. The lowest BCUT2D eigenvalue weighted by molar-refractivity contribution is 0.103. The van der Waals surface area contributed by atoms with Crippen LogP contribution in [0.4, 0.5) is 5.69 Å². The highest BCUT2D eigenvalue weighted by molar-refractivity contribution is 7.12. The molecular formula is C15H12N2O2S. The van der Waals surface area contributed by atoms with E-state index in [9.17, 15) is 4.79 Å². The van der Waals surface area contributed by atoms with Gasteiger partial charge in [-0.1, -0.05) is 18.2 Å². The van der Waals surface area contributed by atoms with Gasteiger partial charge in [0, 0.05) is 18.2 Å². The summed E-state index contributed by atoms with van der Waals surface area (Å²) in [5, 5.41) is 4.74. The van der Waals surface area contributed by atoms with Crippen molar-refractivity contribution < 1.29 is 9.21 Å². The maximum Gasteiger partial charge on any atom is 0.265 e. The number of anilines is 1. The number of carbonyl (C=O) groups is 1. The summed E-state index contributed by atoms with van der Waals surface area (Å²) in [7, 11) is 0. The fraction of sp³-hybridized carbons (Fsp3) is 0.0667. The Labute approximate surface area is 120 Å². The first-order valence-corrected chi connectivity index (χ1v) is 6.98. The molecule has 0 spiro atoms. The van der Waals surface area contributed by atoms with E-state index in [1.54, 1.807) is 19.3 Å². The molecule has 3 rings (SSSR count). The third-order valence-electron chi connectivity index (χ3n) is 2.80. The molecular weight excluding hydrogens is 272 g/mol. The Balaban J connectivity index is 1.75. The van der Waals surface area contributed by atoms with Crippen LogP contribution in [0.2, 0.25) is 0 Å². The van der Waals surface area contributed by atoms with Crippen LogP contribution in [-0.4, -0.2) is 10.9 Å². The normalized spacial score (nSPS) is 10.4. The van der Waals surface area contributed by atoms with Crippen LogP contribution in [0.3, 0.4) is 0 Å². The van der Waals surface area contributed by atoms with E-state index in [0.717, 1.165) is 16.9 Å². The highest BCUT2D eigenvalue weighted by Crippen LogP contribution is 2.21. The van der Waals surface area contributed by atoms with E-state index in [1.807, 2.05) is 35.7 Å². The van der Waals surface area contributed by atoms with Crippen molar-refractivity contribution in [2.75, 3.05) is 5.32 Å². The van der Waals surface area contributed by atoms with Crippen LogP contribution >= 0.6 is 11.3 Å². The van der Waals surface area contributed by atoms with Gasteiger partial charge >= 0.3 is 0 Å². The molecule has 0 aliphatic heterocycles. The van der Waals surface area contributed by atoms with E-state index in [2.05, 4.69) is 10.3 Å². The van der Waals surface area contributed by atoms with Gasteiger partial charge in [0.1, 0.15) is 12.0 Å². The summed E-state index contributed by atoms with van der Waals surface area (Å²) >= 11 is 1.42. The molecule has 1 amide bonds. The van der Waals surface area contributed by atoms with Crippen molar-refractivity contribution >= 4 is 22.9 Å². The van der Waals surface area contributed by atoms with Gasteiger partial charge in [0.15, 0.2) is 5.89 Å². The van der Waals surface area contributed by atoms with E-state index >= 15 is 0 Å². The Hall–Kier alpha value is -2.40. The van der Waals surface area contributed by atoms with Gasteiger partial charge in [-0.25, -0.2) is 4.98 Å². The number of rotatable bonds is 3. The number of hydrogen-bond donors (Lipinski definition) is 1. The van der Waals surface area contributed by atoms with Crippen LogP contribution in [0, 0.1) is 6.92 Å². The lowest BCUT2D eigenvalue weighted by atomic mass is 10.1. The predicted molar refractivity (Wildman–Crippen MR) is 78.9 cm³/mol. The van der Waals surface area contributed by atoms with E-state index in [-0.39, 0.29) is 5.91 Å². The molecule has 2 heterocycles. The maximum atomic E-state index is 11.9. The molecule has 1 N–H and O–H groups in total. The van der Waals surface area contributed by atoms with Gasteiger partial charge in [-0.05, 0) is 23.6 Å². The van der Waals surface area contributed by atoms with Crippen molar-refractivity contribution in [3.63, 3.8) is 0 Å². The van der Waals surface area contributed by atoms with Crippen molar-refractivity contribution in [3.05, 3.63) is 58.8 Å². The predicted octanol–water partition coefficient (Wildman–Crippen LogP) is 3.96. The van der Waals surface area contributed by atoms with Gasteiger partial charge < -0.3 is 9.73 Å². The molecule has 0 atom stereocenters. The molecule has 4 nitrogen and oxygen atoms in total. The third kappa shape index (κ3) is 2.62. The first-order chi connectivity index (χ1) is 9.72. The number of nitrogens with one attached hydrogen (secondary N) is 1. The lowest BCUT2D eigenvalue weighted by Gasteiger charge is -2.04. The highest BCUT2D eigenvalue weighted by atomic mass is 32.1. The Morgan fingerprint density at radius 2 is 2.05 bits per heavy atom. The number of nitrogens with zero attached hydrogens (tertiary/aromatic N) is 1. The second kappa shape index (κ2) is 5.30. The molecule has 20 heavy (non-hydrogen) atoms. The van der Waals surface area contributed by atoms with E-state index < -0.39 is 0 Å². The summed E-state index contributed by atoms with van der Waals surface area (Å²) in [6.45, 7) is 1.80. The minimum absolute atomic E-state index is 0.0926. The molecule has 0 aliphatic rings. The van der Waals surface area contributed by atoms with Crippen LogP contribution in [0.15, 0.2) is 52.5 Å². The topological polar surface area (TPSA) is 55.1 Å². The Morgan fingerprint density at radius 1 is 1.25 bits per heavy atom. The van der Waals surface area contributed by atoms with Gasteiger partial charge in [0.2, 0.25) is 0 Å². The molecule has 100 valence electrons. The van der Waals surface area contributed by atoms with Gasteiger partial charge in [-0.3, -0.25) is 4.79 Å². The zero-order valence-corrected chi connectivity index (χ0v) is 11.6. The summed E-state index contributed by atoms with van der Waals surface area (Å²) in [6.07, 6.45) is 1.62. The Morgan fingerprint density at radius 3 is 2.65 bits per heavy atom. The summed E-state index contributed by atoms with van der Waals surface area (Å²) in [5.74, 6) is 0.542. The first-order valence-electron chi connectivity index (χ1n) is 6.10. The average Bonchev–Trinajstić information content (AvgIpc) is 3.10. The second-order valence-corrected chi connectivity index (χ2v) is 5.21. The zero-order valence-electron chi connectivity index (χ0n) is 10.8. The van der Waals surface area contributed by atoms with E-state index in [1.165, 1.54) is 11.3 Å². The number of thiophene rings is 1. The number of carbonyl (C=O) groups excluding carboxylic acids is 1. The minimum atomic E-state index is -0.0926. The second-order valence-electron chi connectivity index (χ2n) is 4.26. The van der Waals surface area contributed by atoms with E-state index in [0.29, 0.717) is 10.8 Å². The number of hydrogen-bond acceptors (Lipinski definition) is 4. The molecule has 0 aliphatic carbocycles. The zero-order chi connectivity index (χ0) is 13.9. The highest BCUT2D eigenvalue weighted by Gasteiger charge is 2.07. The van der Waals surface area contributed by atoms with Crippen molar-refractivity contribution in [2.24, 2.45) is 0 Å². The minimum Gasteiger partial charge on any atom is -0.449 e. The number of oxazole rings is 1. The molecule has 5 heteroatoms. The van der Waals surface area contributed by atoms with Crippen molar-refractivity contribution in [1.29, 1.82) is 0 Å². The fourth-order valence-electron chi connectivity index (χ4n) is 1.82. The van der Waals surface area contributed by atoms with E-state index in [4.69, 9.17) is 4.42 Å². The van der Waals surface area contributed by atoms with Gasteiger partial charge in [0.25, 0.3) is 5.91 Å². The standard InChI is InChI=1S/C15H12N2O2S/c1-10-16-13(9-19-10)11-4-6-12(7-5-11)17-15(18)14-3-2-8-20-14/h2-9H,1H3,(H,17,18). The number of amides is 1. The van der Waals surface area contributed by atoms with Crippen molar-refractivity contribution in [2.45, 2.75) is 6.92 Å². The quantitative estimate of drug-likeness (QED) is 0.792. The largest absolute Gasteiger partial charge is 0.449 e. The molecule has 1 aromatic carbocycles. The molecule has 0 radical (unpaired) electrons. The summed E-state index contributed by atoms with van der Waals surface area (Å²) < 4.78 is 5.18. The molecule has 0 saturated heterocycles. The molecule has 3 aromatic rings. The molecule has 0 saturated carbocycles. The molecule has 0 fully saturated rings. The number of aromatic nitrogens is 1. The fourth-order valence-corrected chi connectivity index (χ4v) is 2.44. The van der Waals surface area contributed by atoms with Crippen LogP contribution in [0.5, 0.6) is 0 Å². The van der Waals surface area contributed by atoms with Gasteiger partial charge in [-0.2, -0.15) is 0 Å². The SMILES string of the molecule is Cc1nc(-c2ccc(NC(=O)c3cccs3)cc2)co1. The summed E-state index contributed by atoms with van der Waals surface area (Å²) in [6, 6.07) is 11.2. The number of benzene rings is 1. The Bertz CT molecular complexity index is 715. The van der Waals surface area contributed by atoms with Gasteiger partial charge in [0.05, 0.1) is 4.88 Å². The van der Waals surface area contributed by atoms with Crippen LogP contribution in [-0.2, 0) is 0 Å². The Kier molecular flexibility index (Phi) is 3.35. The molecule has 0 unspecified atom stereocenters. The smallest absolute Gasteiger partial charge is 0.265 e. The number of aryl methyl sites for hydroxylation is 1. The monoisotopic (exact) mass is 284 g/mol. The molecule has 0 bridgehead atoms. The maximum absolute atomic E-state index is 11.9. The van der Waals surface area contributed by atoms with Crippen LogP contribution in [0.1, 0.15) is 15.6 Å². The van der Waals surface area contributed by atoms with Gasteiger partial charge in [-0.15, -0.1) is 11.3 Å².